The molecule has 0 aliphatic heterocycles. The second-order valence-corrected chi connectivity index (χ2v) is 6.56. The second-order valence-electron chi connectivity index (χ2n) is 5.72. The van der Waals surface area contributed by atoms with Gasteiger partial charge in [0.25, 0.3) is 0 Å². The molecular formula is C20H15Cl2NO5. The third kappa shape index (κ3) is 4.03. The van der Waals surface area contributed by atoms with Gasteiger partial charge in [0.15, 0.2) is 0 Å². The maximum Gasteiger partial charge on any atom is 0.352 e. The lowest BCUT2D eigenvalue weighted by molar-refractivity contribution is -0.151. The molecule has 8 heteroatoms. The van der Waals surface area contributed by atoms with Gasteiger partial charge in [-0.1, -0.05) is 29.3 Å². The molecule has 1 aromatic heterocycles. The lowest BCUT2D eigenvalue weighted by Crippen LogP contribution is -2.21. The van der Waals surface area contributed by atoms with Gasteiger partial charge in [-0.15, -0.1) is 0 Å². The molecule has 3 aromatic rings. The third-order valence-electron chi connectivity index (χ3n) is 4.05. The van der Waals surface area contributed by atoms with E-state index in [-0.39, 0.29) is 16.1 Å². The molecule has 0 fully saturated rings. The summed E-state index contributed by atoms with van der Waals surface area (Å²) in [5, 5.41) is 1.12. The van der Waals surface area contributed by atoms with E-state index in [2.05, 4.69) is 4.98 Å². The number of hydrogen-bond donors (Lipinski definition) is 0. The van der Waals surface area contributed by atoms with E-state index >= 15 is 0 Å². The minimum Gasteiger partial charge on any atom is -0.497 e. The minimum atomic E-state index is -1.34. The fraction of sp³-hybridized carbons (Fsp3) is 0.150. The van der Waals surface area contributed by atoms with Crippen molar-refractivity contribution in [2.45, 2.75) is 6.10 Å². The fourth-order valence-electron chi connectivity index (χ4n) is 2.66. The quantitative estimate of drug-likeness (QED) is 0.561. The van der Waals surface area contributed by atoms with Crippen LogP contribution in [0, 0.1) is 0 Å². The molecular weight excluding hydrogens is 405 g/mol. The summed E-state index contributed by atoms with van der Waals surface area (Å²) in [6.45, 7) is 0. The van der Waals surface area contributed by atoms with Crippen molar-refractivity contribution in [2.75, 3.05) is 14.2 Å². The molecule has 1 unspecified atom stereocenters. The average Bonchev–Trinajstić information content (AvgIpc) is 2.70. The molecule has 3 rings (SSSR count). The number of nitrogens with zero attached hydrogens (tertiary/aromatic N) is 1. The Morgan fingerprint density at radius 2 is 1.82 bits per heavy atom. The third-order valence-corrected chi connectivity index (χ3v) is 4.62. The Labute approximate surface area is 170 Å². The number of carbonyl (C=O) groups excluding carboxylic acids is 2. The number of esters is 2. The Morgan fingerprint density at radius 1 is 1.04 bits per heavy atom. The van der Waals surface area contributed by atoms with Crippen molar-refractivity contribution in [3.05, 3.63) is 69.8 Å². The monoisotopic (exact) mass is 419 g/mol. The van der Waals surface area contributed by atoms with Gasteiger partial charge >= 0.3 is 11.9 Å². The molecule has 0 spiro atoms. The van der Waals surface area contributed by atoms with E-state index < -0.39 is 18.0 Å². The van der Waals surface area contributed by atoms with E-state index in [0.29, 0.717) is 21.7 Å². The van der Waals surface area contributed by atoms with E-state index in [4.69, 9.17) is 37.4 Å². The van der Waals surface area contributed by atoms with Gasteiger partial charge in [0.1, 0.15) is 5.75 Å². The number of hydrogen-bond acceptors (Lipinski definition) is 6. The number of fused-ring (bicyclic) bond motifs is 1. The predicted molar refractivity (Wildman–Crippen MR) is 105 cm³/mol. The smallest absolute Gasteiger partial charge is 0.352 e. The molecule has 1 atom stereocenters. The molecule has 0 radical (unpaired) electrons. The van der Waals surface area contributed by atoms with E-state index in [0.717, 1.165) is 0 Å². The van der Waals surface area contributed by atoms with E-state index in [9.17, 15) is 9.59 Å². The van der Waals surface area contributed by atoms with Crippen LogP contribution in [0.15, 0.2) is 48.7 Å². The van der Waals surface area contributed by atoms with Crippen LogP contribution in [0.4, 0.5) is 0 Å². The summed E-state index contributed by atoms with van der Waals surface area (Å²) in [5.41, 5.74) is 1.06. The van der Waals surface area contributed by atoms with Crippen molar-refractivity contribution in [2.24, 2.45) is 0 Å². The highest BCUT2D eigenvalue weighted by molar-refractivity contribution is 6.35. The molecule has 0 amide bonds. The van der Waals surface area contributed by atoms with Crippen LogP contribution in [0.25, 0.3) is 10.9 Å². The standard InChI is InChI=1S/C20H15Cl2NO5/c1-26-12-4-6-13-14(7-8-23-17(13)10-12)19(24)28-18(20(25)27-2)15-5-3-11(21)9-16(15)22/h3-10,18H,1-2H3. The van der Waals surface area contributed by atoms with Crippen molar-refractivity contribution < 1.29 is 23.8 Å². The summed E-state index contributed by atoms with van der Waals surface area (Å²) in [4.78, 5) is 29.3. The minimum absolute atomic E-state index is 0.181. The van der Waals surface area contributed by atoms with Gasteiger partial charge in [0, 0.05) is 33.3 Å². The highest BCUT2D eigenvalue weighted by atomic mass is 35.5. The largest absolute Gasteiger partial charge is 0.497 e. The van der Waals surface area contributed by atoms with Crippen LogP contribution >= 0.6 is 23.2 Å². The number of ether oxygens (including phenoxy) is 3. The van der Waals surface area contributed by atoms with Gasteiger partial charge in [0.2, 0.25) is 6.10 Å². The summed E-state index contributed by atoms with van der Waals surface area (Å²) >= 11 is 12.1. The molecule has 28 heavy (non-hydrogen) atoms. The Hall–Kier alpha value is -2.83. The predicted octanol–water partition coefficient (Wildman–Crippen LogP) is 4.62. The summed E-state index contributed by atoms with van der Waals surface area (Å²) in [5.74, 6) is -0.887. The average molecular weight is 420 g/mol. The van der Waals surface area contributed by atoms with Gasteiger partial charge in [-0.3, -0.25) is 4.98 Å². The van der Waals surface area contributed by atoms with Crippen LogP contribution in [0.2, 0.25) is 10.0 Å². The topological polar surface area (TPSA) is 74.7 Å². The maximum absolute atomic E-state index is 12.8. The second kappa shape index (κ2) is 8.46. The SMILES string of the molecule is COC(=O)C(OC(=O)c1ccnc2cc(OC)ccc12)c1ccc(Cl)cc1Cl. The van der Waals surface area contributed by atoms with Gasteiger partial charge in [-0.05, 0) is 30.3 Å². The lowest BCUT2D eigenvalue weighted by Gasteiger charge is -2.18. The first-order chi connectivity index (χ1) is 13.4. The van der Waals surface area contributed by atoms with Gasteiger partial charge in [-0.25, -0.2) is 9.59 Å². The molecule has 0 aliphatic rings. The number of methoxy groups -OCH3 is 2. The lowest BCUT2D eigenvalue weighted by atomic mass is 10.1. The summed E-state index contributed by atoms with van der Waals surface area (Å²) in [6.07, 6.45) is 0.129. The maximum atomic E-state index is 12.8. The van der Waals surface area contributed by atoms with Gasteiger partial charge in [-0.2, -0.15) is 0 Å². The first kappa shape index (κ1) is 19.9. The highest BCUT2D eigenvalue weighted by Gasteiger charge is 2.29. The van der Waals surface area contributed by atoms with E-state index in [1.54, 1.807) is 24.3 Å². The van der Waals surface area contributed by atoms with Crippen molar-refractivity contribution in [3.63, 3.8) is 0 Å². The van der Waals surface area contributed by atoms with Crippen LogP contribution in [-0.4, -0.2) is 31.1 Å². The number of benzene rings is 2. The number of halogens is 2. The number of aromatic nitrogens is 1. The van der Waals surface area contributed by atoms with Crippen LogP contribution in [-0.2, 0) is 14.3 Å². The molecule has 0 saturated carbocycles. The molecule has 0 bridgehead atoms. The molecule has 0 aliphatic carbocycles. The van der Waals surface area contributed by atoms with Crippen molar-refractivity contribution >= 4 is 46.0 Å². The molecule has 144 valence electrons. The van der Waals surface area contributed by atoms with Crippen LogP contribution in [0.3, 0.4) is 0 Å². The van der Waals surface area contributed by atoms with E-state index in [1.807, 2.05) is 0 Å². The Bertz CT molecular complexity index is 1050. The first-order valence-corrected chi connectivity index (χ1v) is 8.86. The molecule has 0 saturated heterocycles. The van der Waals surface area contributed by atoms with Gasteiger partial charge in [0.05, 0.1) is 25.3 Å². The molecule has 6 nitrogen and oxygen atoms in total. The van der Waals surface area contributed by atoms with Crippen LogP contribution in [0.5, 0.6) is 5.75 Å². The number of pyridine rings is 1. The molecule has 0 N–H and O–H groups in total. The zero-order valence-electron chi connectivity index (χ0n) is 14.9. The Balaban J connectivity index is 1.99. The fourth-order valence-corrected chi connectivity index (χ4v) is 3.17. The summed E-state index contributed by atoms with van der Waals surface area (Å²) in [6, 6.07) is 11.1. The zero-order chi connectivity index (χ0) is 20.3. The van der Waals surface area contributed by atoms with Crippen LogP contribution < -0.4 is 4.74 Å². The first-order valence-electron chi connectivity index (χ1n) is 8.11. The Morgan fingerprint density at radius 3 is 2.50 bits per heavy atom. The number of rotatable bonds is 5. The summed E-state index contributed by atoms with van der Waals surface area (Å²) < 4.78 is 15.4. The van der Waals surface area contributed by atoms with Crippen molar-refractivity contribution in [1.82, 2.24) is 4.98 Å². The zero-order valence-corrected chi connectivity index (χ0v) is 16.5. The van der Waals surface area contributed by atoms with Crippen molar-refractivity contribution in [3.8, 4) is 5.75 Å². The Kier molecular flexibility index (Phi) is 6.02. The summed E-state index contributed by atoms with van der Waals surface area (Å²) in [7, 11) is 2.73. The van der Waals surface area contributed by atoms with E-state index in [1.165, 1.54) is 38.6 Å². The normalized spacial score (nSPS) is 11.7. The van der Waals surface area contributed by atoms with Crippen molar-refractivity contribution in [1.29, 1.82) is 0 Å². The number of carbonyl (C=O) groups is 2. The highest BCUT2D eigenvalue weighted by Crippen LogP contribution is 2.31. The van der Waals surface area contributed by atoms with Gasteiger partial charge < -0.3 is 14.2 Å². The molecule has 2 aromatic carbocycles. The molecule has 1 heterocycles. The van der Waals surface area contributed by atoms with Crippen LogP contribution in [0.1, 0.15) is 22.0 Å².